The first-order valence-corrected chi connectivity index (χ1v) is 8.09. The molecule has 2 amide bonds. The van der Waals surface area contributed by atoms with Crippen molar-refractivity contribution >= 4 is 45.9 Å². The number of hydrogen-bond acceptors (Lipinski definition) is 6. The Kier molecular flexibility index (Phi) is 4.22. The summed E-state index contributed by atoms with van der Waals surface area (Å²) in [5.74, 6) is -2.03. The molecule has 1 aromatic heterocycles. The van der Waals surface area contributed by atoms with Crippen molar-refractivity contribution in [2.75, 3.05) is 6.54 Å². The number of thioether (sulfide) groups is 1. The lowest BCUT2D eigenvalue weighted by molar-refractivity contribution is -0.140. The van der Waals surface area contributed by atoms with Crippen LogP contribution < -0.4 is 5.43 Å². The molecule has 3 rings (SSSR count). The van der Waals surface area contributed by atoms with Gasteiger partial charge in [0.1, 0.15) is 18.4 Å². The number of fused-ring (bicyclic) bond motifs is 1. The third-order valence-corrected chi connectivity index (χ3v) is 4.59. The summed E-state index contributed by atoms with van der Waals surface area (Å²) in [6, 6.07) is 3.59. The van der Waals surface area contributed by atoms with E-state index in [1.54, 1.807) is 6.07 Å². The van der Waals surface area contributed by atoms with Crippen molar-refractivity contribution in [1.29, 1.82) is 0 Å². The van der Waals surface area contributed by atoms with Crippen LogP contribution >= 0.6 is 11.8 Å². The second-order valence-corrected chi connectivity index (χ2v) is 6.63. The number of rotatable bonds is 3. The highest BCUT2D eigenvalue weighted by Crippen LogP contribution is 2.32. The molecule has 1 aliphatic rings. The molecule has 0 aliphatic carbocycles. The number of benzene rings is 1. The summed E-state index contributed by atoms with van der Waals surface area (Å²) in [7, 11) is 0. The van der Waals surface area contributed by atoms with E-state index in [0.29, 0.717) is 27.6 Å². The van der Waals surface area contributed by atoms with Crippen LogP contribution in [-0.2, 0) is 9.59 Å². The Morgan fingerprint density at radius 2 is 2.00 bits per heavy atom. The van der Waals surface area contributed by atoms with Crippen molar-refractivity contribution in [2.24, 2.45) is 0 Å². The molecule has 128 valence electrons. The van der Waals surface area contributed by atoms with Crippen molar-refractivity contribution in [1.82, 2.24) is 4.90 Å². The van der Waals surface area contributed by atoms with E-state index in [1.165, 1.54) is 12.3 Å². The molecule has 1 saturated heterocycles. The number of carboxylic acid groups (broad SMARTS) is 1. The fourth-order valence-electron chi connectivity index (χ4n) is 2.62. The minimum atomic E-state index is -1.29. The molecule has 7 nitrogen and oxygen atoms in total. The van der Waals surface area contributed by atoms with Gasteiger partial charge in [0, 0.05) is 0 Å². The predicted molar refractivity (Wildman–Crippen MR) is 92.3 cm³/mol. The lowest BCUT2D eigenvalue weighted by atomic mass is 10.1. The van der Waals surface area contributed by atoms with E-state index < -0.39 is 23.7 Å². The van der Waals surface area contributed by atoms with Gasteiger partial charge in [-0.1, -0.05) is 6.07 Å². The maximum absolute atomic E-state index is 12.7. The highest BCUT2D eigenvalue weighted by Gasteiger charge is 2.36. The quantitative estimate of drug-likeness (QED) is 0.840. The topological polar surface area (TPSA) is 105 Å². The van der Waals surface area contributed by atoms with E-state index in [9.17, 15) is 19.2 Å². The van der Waals surface area contributed by atoms with Gasteiger partial charge in [-0.15, -0.1) is 0 Å². The van der Waals surface area contributed by atoms with Gasteiger partial charge in [0.2, 0.25) is 0 Å². The summed E-state index contributed by atoms with van der Waals surface area (Å²) in [5.41, 5.74) is 1.99. The van der Waals surface area contributed by atoms with Gasteiger partial charge in [-0.25, -0.2) is 0 Å². The van der Waals surface area contributed by atoms with E-state index in [2.05, 4.69) is 0 Å². The normalized spacial score (nSPS) is 16.2. The molecule has 1 N–H and O–H groups in total. The molecule has 1 aliphatic heterocycles. The van der Waals surface area contributed by atoms with E-state index in [0.717, 1.165) is 11.1 Å². The number of carboxylic acids is 1. The van der Waals surface area contributed by atoms with Crippen LogP contribution in [0.15, 0.2) is 32.5 Å². The van der Waals surface area contributed by atoms with Gasteiger partial charge in [-0.2, -0.15) is 0 Å². The molecule has 25 heavy (non-hydrogen) atoms. The Labute approximate surface area is 145 Å². The number of amides is 2. The molecule has 1 aromatic carbocycles. The van der Waals surface area contributed by atoms with Gasteiger partial charge in [0.15, 0.2) is 5.43 Å². The average Bonchev–Trinajstić information content (AvgIpc) is 2.77. The molecule has 2 aromatic rings. The van der Waals surface area contributed by atoms with E-state index in [4.69, 9.17) is 9.52 Å². The van der Waals surface area contributed by atoms with Gasteiger partial charge >= 0.3 is 5.97 Å². The van der Waals surface area contributed by atoms with Gasteiger partial charge in [-0.05, 0) is 48.9 Å². The van der Waals surface area contributed by atoms with Crippen molar-refractivity contribution in [3.8, 4) is 0 Å². The maximum atomic E-state index is 12.7. The molecule has 1 fully saturated rings. The fourth-order valence-corrected chi connectivity index (χ4v) is 3.45. The SMILES string of the molecule is Cc1cc(C)c2occ(/C=C3/SC(=O)N(CC(=O)O)C3=O)c(=O)c2c1. The lowest BCUT2D eigenvalue weighted by Crippen LogP contribution is -2.33. The van der Waals surface area contributed by atoms with Crippen LogP contribution in [0.25, 0.3) is 17.0 Å². The summed E-state index contributed by atoms with van der Waals surface area (Å²) in [6.45, 7) is 2.97. The Bertz CT molecular complexity index is 1020. The fraction of sp³-hybridized carbons (Fsp3) is 0.176. The molecular weight excluding hydrogens is 346 g/mol. The first-order chi connectivity index (χ1) is 11.8. The molecule has 0 atom stereocenters. The largest absolute Gasteiger partial charge is 0.480 e. The molecule has 0 bridgehead atoms. The second kappa shape index (κ2) is 6.21. The Morgan fingerprint density at radius 3 is 2.68 bits per heavy atom. The zero-order chi connectivity index (χ0) is 18.3. The van der Waals surface area contributed by atoms with Crippen LogP contribution in [0.3, 0.4) is 0 Å². The lowest BCUT2D eigenvalue weighted by Gasteiger charge is -2.07. The maximum Gasteiger partial charge on any atom is 0.323 e. The predicted octanol–water partition coefficient (Wildman–Crippen LogP) is 2.53. The summed E-state index contributed by atoms with van der Waals surface area (Å²) >= 11 is 0.594. The molecule has 0 unspecified atom stereocenters. The minimum absolute atomic E-state index is 0.0118. The number of nitrogens with zero attached hydrogens (tertiary/aromatic N) is 1. The van der Waals surface area contributed by atoms with Gasteiger partial charge < -0.3 is 9.52 Å². The van der Waals surface area contributed by atoms with E-state index in [1.807, 2.05) is 19.9 Å². The number of carbonyl (C=O) groups excluding carboxylic acids is 2. The first kappa shape index (κ1) is 17.0. The Balaban J connectivity index is 2.06. The van der Waals surface area contributed by atoms with Crippen molar-refractivity contribution in [3.63, 3.8) is 0 Å². The van der Waals surface area contributed by atoms with Crippen molar-refractivity contribution in [2.45, 2.75) is 13.8 Å². The third kappa shape index (κ3) is 3.08. The van der Waals surface area contributed by atoms with Gasteiger partial charge in [0.25, 0.3) is 11.1 Å². The summed E-state index contributed by atoms with van der Waals surface area (Å²) in [6.07, 6.45) is 2.49. The zero-order valence-corrected chi connectivity index (χ0v) is 14.2. The number of aliphatic carboxylic acids is 1. The van der Waals surface area contributed by atoms with Crippen LogP contribution in [0.5, 0.6) is 0 Å². The van der Waals surface area contributed by atoms with Gasteiger partial charge in [-0.3, -0.25) is 24.1 Å². The van der Waals surface area contributed by atoms with Gasteiger partial charge in [0.05, 0.1) is 15.9 Å². The average molecular weight is 359 g/mol. The van der Waals surface area contributed by atoms with Crippen molar-refractivity contribution in [3.05, 3.63) is 50.2 Å². The monoisotopic (exact) mass is 359 g/mol. The zero-order valence-electron chi connectivity index (χ0n) is 13.4. The smallest absolute Gasteiger partial charge is 0.323 e. The highest BCUT2D eigenvalue weighted by molar-refractivity contribution is 8.18. The number of hydrogen-bond donors (Lipinski definition) is 1. The number of carbonyl (C=O) groups is 3. The molecule has 0 saturated carbocycles. The van der Waals surface area contributed by atoms with Crippen LogP contribution in [0.1, 0.15) is 16.7 Å². The van der Waals surface area contributed by atoms with Crippen LogP contribution in [0.4, 0.5) is 4.79 Å². The van der Waals surface area contributed by atoms with E-state index >= 15 is 0 Å². The number of imide groups is 1. The Hall–Kier alpha value is -2.87. The molecule has 0 radical (unpaired) electrons. The highest BCUT2D eigenvalue weighted by atomic mass is 32.2. The molecule has 0 spiro atoms. The summed E-state index contributed by atoms with van der Waals surface area (Å²) < 4.78 is 5.52. The van der Waals surface area contributed by atoms with Crippen LogP contribution in [0, 0.1) is 13.8 Å². The van der Waals surface area contributed by atoms with Crippen LogP contribution in [0.2, 0.25) is 0 Å². The van der Waals surface area contributed by atoms with E-state index in [-0.39, 0.29) is 15.9 Å². The second-order valence-electron chi connectivity index (χ2n) is 5.64. The molecular formula is C17H13NO6S. The molecule has 2 heterocycles. The van der Waals surface area contributed by atoms with Crippen molar-refractivity contribution < 1.29 is 23.9 Å². The number of aryl methyl sites for hydroxylation is 2. The summed E-state index contributed by atoms with van der Waals surface area (Å²) in [4.78, 5) is 47.9. The molecule has 8 heteroatoms. The standard InChI is InChI=1S/C17H13NO6S/c1-8-3-9(2)15-11(4-8)14(21)10(7-24-15)5-12-16(22)18(6-13(19)20)17(23)25-12/h3-5,7H,6H2,1-2H3,(H,19,20)/b12-5+. The first-order valence-electron chi connectivity index (χ1n) is 7.28. The Morgan fingerprint density at radius 1 is 1.28 bits per heavy atom. The summed E-state index contributed by atoms with van der Waals surface area (Å²) in [5, 5.41) is 8.46. The minimum Gasteiger partial charge on any atom is -0.480 e. The van der Waals surface area contributed by atoms with Crippen LogP contribution in [-0.4, -0.2) is 33.7 Å². The third-order valence-electron chi connectivity index (χ3n) is 3.68.